The van der Waals surface area contributed by atoms with Gasteiger partial charge in [-0.3, -0.25) is 4.79 Å². The molecule has 1 heterocycles. The number of rotatable bonds is 4. The molecule has 0 atom stereocenters. The SMILES string of the molecule is CC(C)(C)c1ccccc1OCC(=O)NC1CCOCC1. The summed E-state index contributed by atoms with van der Waals surface area (Å²) in [6.07, 6.45) is 1.76. The molecule has 0 saturated carbocycles. The van der Waals surface area contributed by atoms with E-state index in [4.69, 9.17) is 9.47 Å². The number of carbonyl (C=O) groups is 1. The average molecular weight is 291 g/mol. The van der Waals surface area contributed by atoms with E-state index in [1.54, 1.807) is 0 Å². The summed E-state index contributed by atoms with van der Waals surface area (Å²) in [4.78, 5) is 12.0. The molecule has 116 valence electrons. The Kier molecular flexibility index (Phi) is 5.23. The summed E-state index contributed by atoms with van der Waals surface area (Å²) >= 11 is 0. The van der Waals surface area contributed by atoms with E-state index in [1.165, 1.54) is 0 Å². The molecule has 1 fully saturated rings. The highest BCUT2D eigenvalue weighted by atomic mass is 16.5. The van der Waals surface area contributed by atoms with E-state index in [0.29, 0.717) is 0 Å². The van der Waals surface area contributed by atoms with E-state index in [9.17, 15) is 4.79 Å². The second kappa shape index (κ2) is 6.94. The maximum Gasteiger partial charge on any atom is 0.258 e. The molecule has 1 aromatic carbocycles. The van der Waals surface area contributed by atoms with Crippen molar-refractivity contribution in [1.29, 1.82) is 0 Å². The molecule has 0 aromatic heterocycles. The largest absolute Gasteiger partial charge is 0.483 e. The fourth-order valence-electron chi connectivity index (χ4n) is 2.47. The van der Waals surface area contributed by atoms with Crippen LogP contribution in [0.15, 0.2) is 24.3 Å². The van der Waals surface area contributed by atoms with Crippen molar-refractivity contribution in [2.45, 2.75) is 45.1 Å². The van der Waals surface area contributed by atoms with Gasteiger partial charge in [0.15, 0.2) is 6.61 Å². The van der Waals surface area contributed by atoms with E-state index < -0.39 is 0 Å². The van der Waals surface area contributed by atoms with Crippen molar-refractivity contribution >= 4 is 5.91 Å². The molecule has 1 saturated heterocycles. The number of nitrogens with one attached hydrogen (secondary N) is 1. The zero-order valence-corrected chi connectivity index (χ0v) is 13.1. The van der Waals surface area contributed by atoms with Crippen LogP contribution in [0.25, 0.3) is 0 Å². The van der Waals surface area contributed by atoms with Gasteiger partial charge in [0.25, 0.3) is 5.91 Å². The van der Waals surface area contributed by atoms with E-state index >= 15 is 0 Å². The Labute approximate surface area is 126 Å². The molecule has 1 N–H and O–H groups in total. The molecule has 4 nitrogen and oxygen atoms in total. The van der Waals surface area contributed by atoms with Crippen LogP contribution in [0.2, 0.25) is 0 Å². The molecule has 0 bridgehead atoms. The minimum atomic E-state index is -0.0642. The lowest BCUT2D eigenvalue weighted by Crippen LogP contribution is -2.41. The molecule has 4 heteroatoms. The zero-order valence-electron chi connectivity index (χ0n) is 13.1. The number of benzene rings is 1. The zero-order chi connectivity index (χ0) is 15.3. The van der Waals surface area contributed by atoms with Gasteiger partial charge in [0, 0.05) is 19.3 Å². The van der Waals surface area contributed by atoms with Crippen LogP contribution in [0.5, 0.6) is 5.75 Å². The van der Waals surface area contributed by atoms with Crippen molar-refractivity contribution in [3.8, 4) is 5.75 Å². The number of para-hydroxylation sites is 1. The van der Waals surface area contributed by atoms with Gasteiger partial charge in [-0.1, -0.05) is 39.0 Å². The van der Waals surface area contributed by atoms with Gasteiger partial charge in [0.05, 0.1) is 0 Å². The van der Waals surface area contributed by atoms with Crippen LogP contribution < -0.4 is 10.1 Å². The molecule has 1 aliphatic rings. The molecule has 1 aromatic rings. The monoisotopic (exact) mass is 291 g/mol. The third kappa shape index (κ3) is 4.74. The van der Waals surface area contributed by atoms with Crippen LogP contribution in [0, 0.1) is 0 Å². The van der Waals surface area contributed by atoms with Gasteiger partial charge in [0.1, 0.15) is 5.75 Å². The first-order valence-electron chi connectivity index (χ1n) is 7.56. The molecule has 2 rings (SSSR count). The summed E-state index contributed by atoms with van der Waals surface area (Å²) in [6.45, 7) is 7.91. The van der Waals surface area contributed by atoms with Crippen LogP contribution in [-0.4, -0.2) is 31.8 Å². The van der Waals surface area contributed by atoms with Crippen molar-refractivity contribution in [2.75, 3.05) is 19.8 Å². The fraction of sp³-hybridized carbons (Fsp3) is 0.588. The number of hydrogen-bond donors (Lipinski definition) is 1. The van der Waals surface area contributed by atoms with E-state index in [-0.39, 0.29) is 24.0 Å². The highest BCUT2D eigenvalue weighted by Crippen LogP contribution is 2.30. The Morgan fingerprint density at radius 3 is 2.62 bits per heavy atom. The summed E-state index contributed by atoms with van der Waals surface area (Å²) in [7, 11) is 0. The summed E-state index contributed by atoms with van der Waals surface area (Å²) in [5.41, 5.74) is 1.11. The maximum absolute atomic E-state index is 12.0. The van der Waals surface area contributed by atoms with Gasteiger partial charge in [-0.25, -0.2) is 0 Å². The highest BCUT2D eigenvalue weighted by molar-refractivity contribution is 5.77. The fourth-order valence-corrected chi connectivity index (χ4v) is 2.47. The van der Waals surface area contributed by atoms with Gasteiger partial charge in [-0.2, -0.15) is 0 Å². The predicted octanol–water partition coefficient (Wildman–Crippen LogP) is 2.66. The Morgan fingerprint density at radius 2 is 1.95 bits per heavy atom. The van der Waals surface area contributed by atoms with Crippen LogP contribution >= 0.6 is 0 Å². The van der Waals surface area contributed by atoms with Crippen molar-refractivity contribution in [3.63, 3.8) is 0 Å². The van der Waals surface area contributed by atoms with Gasteiger partial charge in [-0.05, 0) is 29.9 Å². The summed E-state index contributed by atoms with van der Waals surface area (Å²) in [5.74, 6) is 0.720. The Balaban J connectivity index is 1.89. The first-order valence-corrected chi connectivity index (χ1v) is 7.56. The molecule has 0 spiro atoms. The van der Waals surface area contributed by atoms with Crippen LogP contribution in [-0.2, 0) is 14.9 Å². The van der Waals surface area contributed by atoms with Crippen molar-refractivity contribution in [1.82, 2.24) is 5.32 Å². The molecule has 0 unspecified atom stereocenters. The number of amides is 1. The van der Waals surface area contributed by atoms with Crippen molar-refractivity contribution in [2.24, 2.45) is 0 Å². The Bertz CT molecular complexity index is 473. The van der Waals surface area contributed by atoms with Gasteiger partial charge in [-0.15, -0.1) is 0 Å². The predicted molar refractivity (Wildman–Crippen MR) is 82.6 cm³/mol. The molecular weight excluding hydrogens is 266 g/mol. The smallest absolute Gasteiger partial charge is 0.258 e. The first kappa shape index (κ1) is 15.8. The Hall–Kier alpha value is -1.55. The second-order valence-electron chi connectivity index (χ2n) is 6.49. The minimum absolute atomic E-state index is 0.00617. The second-order valence-corrected chi connectivity index (χ2v) is 6.49. The van der Waals surface area contributed by atoms with Gasteiger partial charge in [0.2, 0.25) is 0 Å². The van der Waals surface area contributed by atoms with Gasteiger partial charge >= 0.3 is 0 Å². The molecule has 0 aliphatic carbocycles. The number of carbonyl (C=O) groups excluding carboxylic acids is 1. The third-order valence-electron chi connectivity index (χ3n) is 3.64. The van der Waals surface area contributed by atoms with Crippen molar-refractivity contribution < 1.29 is 14.3 Å². The third-order valence-corrected chi connectivity index (χ3v) is 3.64. The molecule has 1 aliphatic heterocycles. The lowest BCUT2D eigenvalue weighted by atomic mass is 9.86. The molecule has 21 heavy (non-hydrogen) atoms. The molecule has 0 radical (unpaired) electrons. The lowest BCUT2D eigenvalue weighted by Gasteiger charge is -2.24. The summed E-state index contributed by atoms with van der Waals surface area (Å²) < 4.78 is 11.0. The average Bonchev–Trinajstić information content (AvgIpc) is 2.45. The normalized spacial score (nSPS) is 16.5. The first-order chi connectivity index (χ1) is 9.97. The quantitative estimate of drug-likeness (QED) is 0.927. The van der Waals surface area contributed by atoms with Crippen LogP contribution in [0.4, 0.5) is 0 Å². The Morgan fingerprint density at radius 1 is 1.29 bits per heavy atom. The minimum Gasteiger partial charge on any atom is -0.483 e. The maximum atomic E-state index is 12.0. The molecule has 1 amide bonds. The molecular formula is C17H25NO3. The number of ether oxygens (including phenoxy) is 2. The van der Waals surface area contributed by atoms with Crippen LogP contribution in [0.1, 0.15) is 39.2 Å². The summed E-state index contributed by atoms with van der Waals surface area (Å²) in [5, 5.41) is 3.00. The van der Waals surface area contributed by atoms with E-state index in [1.807, 2.05) is 24.3 Å². The summed E-state index contributed by atoms with van der Waals surface area (Å²) in [6, 6.07) is 8.11. The van der Waals surface area contributed by atoms with Gasteiger partial charge < -0.3 is 14.8 Å². The standard InChI is InChI=1S/C17H25NO3/c1-17(2,3)14-6-4-5-7-15(14)21-12-16(19)18-13-8-10-20-11-9-13/h4-7,13H,8-12H2,1-3H3,(H,18,19). The topological polar surface area (TPSA) is 47.6 Å². The highest BCUT2D eigenvalue weighted by Gasteiger charge is 2.20. The van der Waals surface area contributed by atoms with Crippen LogP contribution in [0.3, 0.4) is 0 Å². The lowest BCUT2D eigenvalue weighted by molar-refractivity contribution is -0.124. The van der Waals surface area contributed by atoms with E-state index in [2.05, 4.69) is 26.1 Å². The van der Waals surface area contributed by atoms with Crippen molar-refractivity contribution in [3.05, 3.63) is 29.8 Å². The van der Waals surface area contributed by atoms with E-state index in [0.717, 1.165) is 37.4 Å². The number of hydrogen-bond acceptors (Lipinski definition) is 3.